The minimum absolute atomic E-state index is 0.159. The molecule has 0 radical (unpaired) electrons. The molecule has 2 aromatic rings. The third kappa shape index (κ3) is 2.71. The highest BCUT2D eigenvalue weighted by Crippen LogP contribution is 2.50. The summed E-state index contributed by atoms with van der Waals surface area (Å²) in [6.45, 7) is 1.86. The molecule has 0 saturated carbocycles. The van der Waals surface area contributed by atoms with E-state index >= 15 is 0 Å². The van der Waals surface area contributed by atoms with Crippen LogP contribution in [0.1, 0.15) is 18.4 Å². The quantitative estimate of drug-likeness (QED) is 0.448. The molecule has 2 bridgehead atoms. The highest BCUT2D eigenvalue weighted by atomic mass is 16.6. The molecule has 0 N–H and O–H groups in total. The summed E-state index contributed by atoms with van der Waals surface area (Å²) in [5, 5.41) is 11.5. The van der Waals surface area contributed by atoms with Crippen molar-refractivity contribution < 1.29 is 24.0 Å². The summed E-state index contributed by atoms with van der Waals surface area (Å²) in [5.41, 5.74) is 0.770. The number of nitrogens with zero attached hydrogens (tertiary/aromatic N) is 2. The Hall–Kier alpha value is -3.26. The van der Waals surface area contributed by atoms with Gasteiger partial charge in [0.2, 0.25) is 11.8 Å². The van der Waals surface area contributed by atoms with Crippen molar-refractivity contribution in [2.45, 2.75) is 32.0 Å². The lowest BCUT2D eigenvalue weighted by Gasteiger charge is -2.18. The maximum absolute atomic E-state index is 13.0. The van der Waals surface area contributed by atoms with E-state index in [1.54, 1.807) is 12.1 Å². The molecular weight excluding hydrogens is 376 g/mol. The molecule has 0 spiro atoms. The van der Waals surface area contributed by atoms with Crippen molar-refractivity contribution in [2.24, 2.45) is 11.8 Å². The van der Waals surface area contributed by atoms with Gasteiger partial charge in [-0.15, -0.1) is 0 Å². The van der Waals surface area contributed by atoms with E-state index in [-0.39, 0.29) is 41.1 Å². The Bertz CT molecular complexity index is 1020. The van der Waals surface area contributed by atoms with Crippen molar-refractivity contribution in [3.05, 3.63) is 58.1 Å². The smallest absolute Gasteiger partial charge is 0.275 e. The first-order chi connectivity index (χ1) is 13.9. The lowest BCUT2D eigenvalue weighted by atomic mass is 9.81. The van der Waals surface area contributed by atoms with Gasteiger partial charge in [-0.2, -0.15) is 0 Å². The lowest BCUT2D eigenvalue weighted by Crippen LogP contribution is -2.34. The first-order valence-electron chi connectivity index (χ1n) is 9.50. The number of carbonyl (C=O) groups is 2. The number of rotatable bonds is 4. The molecule has 0 aliphatic carbocycles. The van der Waals surface area contributed by atoms with Crippen LogP contribution in [0, 0.1) is 28.9 Å². The monoisotopic (exact) mass is 394 g/mol. The topological polar surface area (TPSA) is 99.0 Å². The van der Waals surface area contributed by atoms with Crippen LogP contribution in [0.25, 0.3) is 0 Å². The molecule has 5 rings (SSSR count). The molecule has 8 heteroatoms. The molecule has 3 aliphatic rings. The third-order valence-electron chi connectivity index (χ3n) is 5.95. The molecule has 8 nitrogen and oxygen atoms in total. The average molecular weight is 394 g/mol. The SMILES string of the molecule is Cc1ccccc1Oc1cc(N2C(=O)[C@H]3[C@H](C2=O)[C@H]2CC[C@H]3O2)cc([N+](=O)[O-])c1. The van der Waals surface area contributed by atoms with Crippen molar-refractivity contribution in [2.75, 3.05) is 4.90 Å². The number of benzene rings is 2. The van der Waals surface area contributed by atoms with Crippen molar-refractivity contribution in [1.29, 1.82) is 0 Å². The summed E-state index contributed by atoms with van der Waals surface area (Å²) in [6.07, 6.45) is 1.03. The number of carbonyl (C=O) groups excluding carboxylic acids is 2. The number of ether oxygens (including phenoxy) is 2. The summed E-state index contributed by atoms with van der Waals surface area (Å²) in [5.74, 6) is -0.965. The second kappa shape index (κ2) is 6.38. The van der Waals surface area contributed by atoms with Gasteiger partial charge in [0.1, 0.15) is 11.5 Å². The minimum atomic E-state index is -0.563. The van der Waals surface area contributed by atoms with Crippen LogP contribution in [-0.2, 0) is 14.3 Å². The van der Waals surface area contributed by atoms with Gasteiger partial charge in [-0.3, -0.25) is 19.7 Å². The molecule has 3 saturated heterocycles. The second-order valence-corrected chi connectivity index (χ2v) is 7.66. The Morgan fingerprint density at radius 2 is 1.72 bits per heavy atom. The van der Waals surface area contributed by atoms with Gasteiger partial charge in [0, 0.05) is 12.1 Å². The Morgan fingerprint density at radius 3 is 2.34 bits per heavy atom. The molecule has 3 aliphatic heterocycles. The summed E-state index contributed by atoms with van der Waals surface area (Å²) in [6, 6.07) is 11.3. The van der Waals surface area contributed by atoms with Gasteiger partial charge in [-0.1, -0.05) is 18.2 Å². The number of non-ortho nitro benzene ring substituents is 1. The number of hydrogen-bond donors (Lipinski definition) is 0. The van der Waals surface area contributed by atoms with Gasteiger partial charge in [0.15, 0.2) is 0 Å². The van der Waals surface area contributed by atoms with Gasteiger partial charge in [-0.05, 0) is 31.4 Å². The maximum atomic E-state index is 13.0. The fourth-order valence-electron chi connectivity index (χ4n) is 4.63. The first-order valence-corrected chi connectivity index (χ1v) is 9.50. The Morgan fingerprint density at radius 1 is 1.07 bits per heavy atom. The van der Waals surface area contributed by atoms with Crippen molar-refractivity contribution >= 4 is 23.2 Å². The fraction of sp³-hybridized carbons (Fsp3) is 0.333. The molecule has 0 unspecified atom stereocenters. The largest absolute Gasteiger partial charge is 0.457 e. The van der Waals surface area contributed by atoms with Gasteiger partial charge < -0.3 is 9.47 Å². The highest BCUT2D eigenvalue weighted by Gasteiger charge is 2.62. The number of anilines is 1. The summed E-state index contributed by atoms with van der Waals surface area (Å²) >= 11 is 0. The zero-order valence-electron chi connectivity index (χ0n) is 15.6. The average Bonchev–Trinajstić information content (AvgIpc) is 3.37. The van der Waals surface area contributed by atoms with E-state index in [0.717, 1.165) is 23.3 Å². The van der Waals surface area contributed by atoms with E-state index in [2.05, 4.69) is 0 Å². The number of nitro groups is 1. The van der Waals surface area contributed by atoms with E-state index in [9.17, 15) is 19.7 Å². The lowest BCUT2D eigenvalue weighted by molar-refractivity contribution is -0.384. The van der Waals surface area contributed by atoms with Crippen molar-refractivity contribution in [3.63, 3.8) is 0 Å². The van der Waals surface area contributed by atoms with Crippen LogP contribution in [0.4, 0.5) is 11.4 Å². The minimum Gasteiger partial charge on any atom is -0.457 e. The summed E-state index contributed by atoms with van der Waals surface area (Å²) < 4.78 is 11.6. The Kier molecular flexibility index (Phi) is 3.92. The zero-order chi connectivity index (χ0) is 20.3. The van der Waals surface area contributed by atoms with E-state index < -0.39 is 16.8 Å². The number of para-hydroxylation sites is 1. The molecule has 4 atom stereocenters. The molecule has 29 heavy (non-hydrogen) atoms. The van der Waals surface area contributed by atoms with E-state index in [4.69, 9.17) is 9.47 Å². The molecule has 0 aromatic heterocycles. The van der Waals surface area contributed by atoms with Crippen molar-refractivity contribution in [1.82, 2.24) is 0 Å². The number of hydrogen-bond acceptors (Lipinski definition) is 6. The molecular formula is C21H18N2O6. The maximum Gasteiger partial charge on any atom is 0.275 e. The zero-order valence-corrected chi connectivity index (χ0v) is 15.6. The van der Waals surface area contributed by atoms with E-state index in [0.29, 0.717) is 5.75 Å². The van der Waals surface area contributed by atoms with Crippen LogP contribution in [0.3, 0.4) is 0 Å². The number of imide groups is 1. The number of nitro benzene ring substituents is 1. The first kappa shape index (κ1) is 17.8. The molecule has 148 valence electrons. The fourth-order valence-corrected chi connectivity index (χ4v) is 4.63. The molecule has 3 fully saturated rings. The molecule has 3 heterocycles. The predicted molar refractivity (Wildman–Crippen MR) is 102 cm³/mol. The standard InChI is InChI=1S/C21H18N2O6/c1-11-4-2-3-5-15(11)28-14-9-12(8-13(10-14)23(26)27)22-20(24)18-16-6-7-17(29-16)19(18)21(22)25/h2-5,8-10,16-19H,6-7H2,1H3/t16-,17-,18-,19-/m1/s1. The van der Waals surface area contributed by atoms with E-state index in [1.165, 1.54) is 18.2 Å². The molecule has 2 amide bonds. The van der Waals surface area contributed by atoms with Gasteiger partial charge >= 0.3 is 0 Å². The summed E-state index contributed by atoms with van der Waals surface area (Å²) in [4.78, 5) is 38.0. The van der Waals surface area contributed by atoms with Gasteiger partial charge in [0.05, 0.1) is 40.7 Å². The summed E-state index contributed by atoms with van der Waals surface area (Å²) in [7, 11) is 0. The normalized spacial score (nSPS) is 27.4. The Balaban J connectivity index is 1.54. The van der Waals surface area contributed by atoms with Crippen molar-refractivity contribution in [3.8, 4) is 11.5 Å². The van der Waals surface area contributed by atoms with Gasteiger partial charge in [-0.25, -0.2) is 4.90 Å². The van der Waals surface area contributed by atoms with E-state index in [1.807, 2.05) is 19.1 Å². The second-order valence-electron chi connectivity index (χ2n) is 7.66. The predicted octanol–water partition coefficient (Wildman–Crippen LogP) is 3.36. The molecule has 2 aromatic carbocycles. The van der Waals surface area contributed by atoms with Crippen LogP contribution in [-0.4, -0.2) is 28.9 Å². The third-order valence-corrected chi connectivity index (χ3v) is 5.95. The van der Waals surface area contributed by atoms with Crippen LogP contribution in [0.2, 0.25) is 0 Å². The highest BCUT2D eigenvalue weighted by molar-refractivity contribution is 6.23. The van der Waals surface area contributed by atoms with Crippen LogP contribution in [0.5, 0.6) is 11.5 Å². The van der Waals surface area contributed by atoms with Gasteiger partial charge in [0.25, 0.3) is 5.69 Å². The number of fused-ring (bicyclic) bond motifs is 5. The number of amides is 2. The Labute approximate surface area is 166 Å². The van der Waals surface area contributed by atoms with Crippen LogP contribution >= 0.6 is 0 Å². The van der Waals surface area contributed by atoms with Crippen LogP contribution < -0.4 is 9.64 Å². The van der Waals surface area contributed by atoms with Crippen LogP contribution in [0.15, 0.2) is 42.5 Å². The number of aryl methyl sites for hydroxylation is 1.